The highest BCUT2D eigenvalue weighted by Crippen LogP contribution is 2.47. The molecule has 0 atom stereocenters. The summed E-state index contributed by atoms with van der Waals surface area (Å²) < 4.78 is 12.5. The van der Waals surface area contributed by atoms with Gasteiger partial charge in [0.1, 0.15) is 22.3 Å². The summed E-state index contributed by atoms with van der Waals surface area (Å²) >= 11 is 0. The predicted octanol–water partition coefficient (Wildman–Crippen LogP) is 15.0. The van der Waals surface area contributed by atoms with Crippen molar-refractivity contribution in [3.63, 3.8) is 0 Å². The van der Waals surface area contributed by atoms with Crippen LogP contribution in [-0.2, 0) is 5.41 Å². The molecular weight excluding hydrogens is 707 g/mol. The maximum Gasteiger partial charge on any atom is 0.136 e. The van der Waals surface area contributed by atoms with Gasteiger partial charge in [-0.25, -0.2) is 0 Å². The van der Waals surface area contributed by atoms with Crippen LogP contribution < -0.4 is 4.90 Å². The van der Waals surface area contributed by atoms with Crippen LogP contribution in [0.25, 0.3) is 55.0 Å². The zero-order valence-electron chi connectivity index (χ0n) is 31.6. The summed E-state index contributed by atoms with van der Waals surface area (Å²) in [4.78, 5) is 2.34. The van der Waals surface area contributed by atoms with Gasteiger partial charge < -0.3 is 13.7 Å². The molecule has 0 radical (unpaired) electrons. The highest BCUT2D eigenvalue weighted by molar-refractivity contribution is 6.07. The molecule has 0 aliphatic carbocycles. The maximum atomic E-state index is 6.27. The number of anilines is 3. The number of para-hydroxylation sites is 2. The molecule has 0 unspecified atom stereocenters. The lowest BCUT2D eigenvalue weighted by atomic mass is 9.65. The lowest BCUT2D eigenvalue weighted by Gasteiger charge is -2.37. The number of nitrogens with zero attached hydrogens (tertiary/aromatic N) is 1. The number of hydrogen-bond acceptors (Lipinski definition) is 3. The molecule has 9 aromatic carbocycles. The minimum Gasteiger partial charge on any atom is -0.456 e. The Morgan fingerprint density at radius 1 is 0.276 bits per heavy atom. The Balaban J connectivity index is 1.06. The van der Waals surface area contributed by atoms with Crippen molar-refractivity contribution in [3.05, 3.63) is 247 Å². The van der Waals surface area contributed by atoms with Crippen molar-refractivity contribution in [2.24, 2.45) is 0 Å². The van der Waals surface area contributed by atoms with E-state index in [4.69, 9.17) is 8.83 Å². The molecule has 3 nitrogen and oxygen atoms in total. The quantitative estimate of drug-likeness (QED) is 0.145. The molecule has 0 saturated heterocycles. The Hall–Kier alpha value is -7.62. The van der Waals surface area contributed by atoms with E-state index in [1.54, 1.807) is 0 Å². The molecule has 0 bridgehead atoms. The van der Waals surface area contributed by atoms with E-state index in [1.165, 1.54) is 22.3 Å². The zero-order chi connectivity index (χ0) is 38.5. The summed E-state index contributed by atoms with van der Waals surface area (Å²) in [6, 6.07) is 80.1. The standard InChI is InChI=1S/C55H37NO2/c1-4-14-40(15-5-1)55(41-16-6-2-7-17-41,42-18-8-3-9-19-42)43-27-31-45(32-28-43)56(46-33-35-53-50(37-46)48-21-11-13-23-52(48)57-53)44-29-24-38(25-30-44)39-26-34-49-47-20-10-12-22-51(47)58-54(49)36-39/h1-37H. The smallest absolute Gasteiger partial charge is 0.136 e. The Morgan fingerprint density at radius 2 is 0.690 bits per heavy atom. The Labute approximate surface area is 336 Å². The van der Waals surface area contributed by atoms with Gasteiger partial charge in [0.15, 0.2) is 0 Å². The number of rotatable bonds is 8. The van der Waals surface area contributed by atoms with Gasteiger partial charge in [-0.2, -0.15) is 0 Å². The minimum absolute atomic E-state index is 0.537. The summed E-state index contributed by atoms with van der Waals surface area (Å²) in [6.07, 6.45) is 0. The SMILES string of the molecule is c1ccc(C(c2ccccc2)(c2ccccc2)c2ccc(N(c3ccc(-c4ccc5c(c4)oc4ccccc45)cc3)c3ccc4oc5ccccc5c4c3)cc2)cc1. The molecule has 0 fully saturated rings. The molecule has 0 N–H and O–H groups in total. The van der Waals surface area contributed by atoms with Crippen LogP contribution in [-0.4, -0.2) is 0 Å². The van der Waals surface area contributed by atoms with E-state index in [2.05, 4.69) is 205 Å². The van der Waals surface area contributed by atoms with Crippen molar-refractivity contribution in [2.75, 3.05) is 4.90 Å². The van der Waals surface area contributed by atoms with Gasteiger partial charge in [0.05, 0.1) is 5.41 Å². The summed E-state index contributed by atoms with van der Waals surface area (Å²) in [6.45, 7) is 0. The van der Waals surface area contributed by atoms with E-state index in [0.29, 0.717) is 0 Å². The summed E-state index contributed by atoms with van der Waals surface area (Å²) in [7, 11) is 0. The molecule has 2 aromatic heterocycles. The van der Waals surface area contributed by atoms with Gasteiger partial charge in [0, 0.05) is 38.6 Å². The third-order valence-corrected chi connectivity index (χ3v) is 11.6. The van der Waals surface area contributed by atoms with E-state index in [1.807, 2.05) is 24.3 Å². The molecule has 0 aliphatic rings. The van der Waals surface area contributed by atoms with Crippen LogP contribution in [0, 0.1) is 0 Å². The summed E-state index contributed by atoms with van der Waals surface area (Å²) in [5.41, 5.74) is 13.2. The van der Waals surface area contributed by atoms with E-state index in [9.17, 15) is 0 Å². The summed E-state index contributed by atoms with van der Waals surface area (Å²) in [5, 5.41) is 4.45. The molecule has 0 aliphatic heterocycles. The van der Waals surface area contributed by atoms with E-state index in [0.717, 1.165) is 72.1 Å². The van der Waals surface area contributed by atoms with Gasteiger partial charge in [0.25, 0.3) is 0 Å². The van der Waals surface area contributed by atoms with Gasteiger partial charge in [-0.3, -0.25) is 0 Å². The van der Waals surface area contributed by atoms with E-state index in [-0.39, 0.29) is 0 Å². The van der Waals surface area contributed by atoms with Crippen LogP contribution in [0.15, 0.2) is 233 Å². The first-order valence-electron chi connectivity index (χ1n) is 19.7. The largest absolute Gasteiger partial charge is 0.456 e. The molecule has 0 spiro atoms. The fourth-order valence-electron chi connectivity index (χ4n) is 8.93. The molecule has 2 heterocycles. The first-order valence-corrected chi connectivity index (χ1v) is 19.7. The van der Waals surface area contributed by atoms with Crippen molar-refractivity contribution in [3.8, 4) is 11.1 Å². The Morgan fingerprint density at radius 3 is 1.28 bits per heavy atom. The highest BCUT2D eigenvalue weighted by atomic mass is 16.3. The van der Waals surface area contributed by atoms with Gasteiger partial charge in [-0.1, -0.05) is 158 Å². The monoisotopic (exact) mass is 743 g/mol. The lowest BCUT2D eigenvalue weighted by Crippen LogP contribution is -2.31. The summed E-state index contributed by atoms with van der Waals surface area (Å²) in [5.74, 6) is 0. The third-order valence-electron chi connectivity index (χ3n) is 11.6. The van der Waals surface area contributed by atoms with Gasteiger partial charge in [0.2, 0.25) is 0 Å². The predicted molar refractivity (Wildman–Crippen MR) is 239 cm³/mol. The van der Waals surface area contributed by atoms with E-state index >= 15 is 0 Å². The Kier molecular flexibility index (Phi) is 8.04. The minimum atomic E-state index is -0.537. The normalized spacial score (nSPS) is 11.8. The number of fused-ring (bicyclic) bond motifs is 6. The molecular formula is C55H37NO2. The molecule has 274 valence electrons. The van der Waals surface area contributed by atoms with E-state index < -0.39 is 5.41 Å². The topological polar surface area (TPSA) is 29.5 Å². The molecule has 11 aromatic rings. The fourth-order valence-corrected chi connectivity index (χ4v) is 8.93. The average molecular weight is 744 g/mol. The lowest BCUT2D eigenvalue weighted by molar-refractivity contribution is 0.668. The molecule has 11 rings (SSSR count). The van der Waals surface area contributed by atoms with Crippen LogP contribution >= 0.6 is 0 Å². The second-order valence-electron chi connectivity index (χ2n) is 14.9. The molecule has 0 saturated carbocycles. The van der Waals surface area contributed by atoms with Crippen LogP contribution in [0.2, 0.25) is 0 Å². The molecule has 0 amide bonds. The molecule has 3 heteroatoms. The zero-order valence-corrected chi connectivity index (χ0v) is 31.6. The molecule has 58 heavy (non-hydrogen) atoms. The number of furan rings is 2. The van der Waals surface area contributed by atoms with Crippen molar-refractivity contribution >= 4 is 60.9 Å². The third kappa shape index (κ3) is 5.51. The van der Waals surface area contributed by atoms with Crippen molar-refractivity contribution in [2.45, 2.75) is 5.41 Å². The maximum absolute atomic E-state index is 6.27. The van der Waals surface area contributed by atoms with Crippen LogP contribution in [0.4, 0.5) is 17.1 Å². The van der Waals surface area contributed by atoms with Crippen molar-refractivity contribution in [1.29, 1.82) is 0 Å². The Bertz CT molecular complexity index is 3100. The van der Waals surface area contributed by atoms with Gasteiger partial charge in [-0.05, 0) is 100 Å². The second-order valence-corrected chi connectivity index (χ2v) is 14.9. The van der Waals surface area contributed by atoms with Crippen LogP contribution in [0.1, 0.15) is 22.3 Å². The van der Waals surface area contributed by atoms with Crippen molar-refractivity contribution < 1.29 is 8.83 Å². The second kappa shape index (κ2) is 13.8. The van der Waals surface area contributed by atoms with Crippen LogP contribution in [0.5, 0.6) is 0 Å². The highest BCUT2D eigenvalue weighted by Gasteiger charge is 2.38. The number of hydrogen-bond donors (Lipinski definition) is 0. The van der Waals surface area contributed by atoms with Crippen molar-refractivity contribution in [1.82, 2.24) is 0 Å². The van der Waals surface area contributed by atoms with Gasteiger partial charge in [-0.15, -0.1) is 0 Å². The fraction of sp³-hybridized carbons (Fsp3) is 0.0182. The first-order chi connectivity index (χ1) is 28.7. The first kappa shape index (κ1) is 33.7. The average Bonchev–Trinajstić information content (AvgIpc) is 3.86. The number of benzene rings is 9. The van der Waals surface area contributed by atoms with Crippen LogP contribution in [0.3, 0.4) is 0 Å². The van der Waals surface area contributed by atoms with Gasteiger partial charge >= 0.3 is 0 Å².